The molecule has 1 saturated heterocycles. The fourth-order valence-electron chi connectivity index (χ4n) is 2.39. The number of nitrogens with zero attached hydrogens (tertiary/aromatic N) is 2. The van der Waals surface area contributed by atoms with Crippen LogP contribution in [0.4, 0.5) is 0 Å². The number of morpholine rings is 1. The van der Waals surface area contributed by atoms with Crippen molar-refractivity contribution < 1.29 is 19.4 Å². The molecule has 1 aliphatic heterocycles. The van der Waals surface area contributed by atoms with Gasteiger partial charge in [-0.1, -0.05) is 0 Å². The van der Waals surface area contributed by atoms with Gasteiger partial charge in [0.25, 0.3) is 5.91 Å². The molecule has 0 spiro atoms. The molecule has 110 valence electrons. The van der Waals surface area contributed by atoms with Crippen LogP contribution in [0.5, 0.6) is 0 Å². The number of ether oxygens (including phenoxy) is 1. The van der Waals surface area contributed by atoms with E-state index in [4.69, 9.17) is 9.84 Å². The Morgan fingerprint density at radius 3 is 3.14 bits per heavy atom. The standard InChI is InChI=1S/C14H14N2O4S/c17-13(18)6-10-7-16(3-4-20-10)14(19)9-1-2-11-12(5-9)21-8-15-11/h1-2,5,8,10H,3-4,6-7H2,(H,17,18). The summed E-state index contributed by atoms with van der Waals surface area (Å²) in [5, 5.41) is 8.81. The second-order valence-corrected chi connectivity index (χ2v) is 5.76. The number of hydrogen-bond acceptors (Lipinski definition) is 5. The molecule has 7 heteroatoms. The lowest BCUT2D eigenvalue weighted by Crippen LogP contribution is -2.46. The zero-order valence-electron chi connectivity index (χ0n) is 11.2. The predicted molar refractivity (Wildman–Crippen MR) is 77.5 cm³/mol. The van der Waals surface area contributed by atoms with Crippen LogP contribution in [0.3, 0.4) is 0 Å². The van der Waals surface area contributed by atoms with Crippen LogP contribution in [0.15, 0.2) is 23.7 Å². The number of benzene rings is 1. The van der Waals surface area contributed by atoms with Gasteiger partial charge in [0.15, 0.2) is 0 Å². The van der Waals surface area contributed by atoms with Crippen LogP contribution in [0.2, 0.25) is 0 Å². The van der Waals surface area contributed by atoms with E-state index in [2.05, 4.69) is 4.98 Å². The number of amides is 1. The highest BCUT2D eigenvalue weighted by Crippen LogP contribution is 2.21. The molecule has 1 aromatic heterocycles. The molecule has 21 heavy (non-hydrogen) atoms. The predicted octanol–water partition coefficient (Wildman–Crippen LogP) is 1.61. The Hall–Kier alpha value is -1.99. The Labute approximate surface area is 125 Å². The summed E-state index contributed by atoms with van der Waals surface area (Å²) in [4.78, 5) is 29.1. The van der Waals surface area contributed by atoms with Crippen molar-refractivity contribution in [1.29, 1.82) is 0 Å². The molecule has 1 N–H and O–H groups in total. The maximum atomic E-state index is 12.5. The van der Waals surface area contributed by atoms with Crippen LogP contribution in [-0.2, 0) is 9.53 Å². The maximum Gasteiger partial charge on any atom is 0.306 e. The summed E-state index contributed by atoms with van der Waals surface area (Å²) in [7, 11) is 0. The maximum absolute atomic E-state index is 12.5. The Morgan fingerprint density at radius 2 is 2.33 bits per heavy atom. The molecular weight excluding hydrogens is 292 g/mol. The highest BCUT2D eigenvalue weighted by Gasteiger charge is 2.26. The van der Waals surface area contributed by atoms with Crippen LogP contribution in [0.25, 0.3) is 10.2 Å². The van der Waals surface area contributed by atoms with Crippen molar-refractivity contribution >= 4 is 33.4 Å². The molecule has 0 bridgehead atoms. The van der Waals surface area contributed by atoms with E-state index in [0.29, 0.717) is 25.3 Å². The lowest BCUT2D eigenvalue weighted by molar-refractivity contribution is -0.141. The molecule has 6 nitrogen and oxygen atoms in total. The second-order valence-electron chi connectivity index (χ2n) is 4.88. The van der Waals surface area contributed by atoms with Gasteiger partial charge in [-0.2, -0.15) is 0 Å². The summed E-state index contributed by atoms with van der Waals surface area (Å²) in [5.41, 5.74) is 3.22. The summed E-state index contributed by atoms with van der Waals surface area (Å²) < 4.78 is 6.35. The molecule has 1 atom stereocenters. The van der Waals surface area contributed by atoms with Gasteiger partial charge < -0.3 is 14.7 Å². The summed E-state index contributed by atoms with van der Waals surface area (Å²) in [6, 6.07) is 5.41. The molecule has 0 saturated carbocycles. The van der Waals surface area contributed by atoms with Gasteiger partial charge in [0.1, 0.15) is 0 Å². The number of aromatic nitrogens is 1. The van der Waals surface area contributed by atoms with Gasteiger partial charge in [0.2, 0.25) is 0 Å². The van der Waals surface area contributed by atoms with Gasteiger partial charge in [-0.3, -0.25) is 9.59 Å². The average Bonchev–Trinajstić information content (AvgIpc) is 2.93. The quantitative estimate of drug-likeness (QED) is 0.932. The molecule has 0 radical (unpaired) electrons. The van der Waals surface area contributed by atoms with E-state index in [1.165, 1.54) is 11.3 Å². The van der Waals surface area contributed by atoms with Crippen LogP contribution >= 0.6 is 11.3 Å². The van der Waals surface area contributed by atoms with Crippen LogP contribution in [0.1, 0.15) is 16.8 Å². The number of carboxylic acid groups (broad SMARTS) is 1. The third-order valence-corrected chi connectivity index (χ3v) is 4.20. The van der Waals surface area contributed by atoms with Crippen molar-refractivity contribution in [3.63, 3.8) is 0 Å². The van der Waals surface area contributed by atoms with Gasteiger partial charge in [0, 0.05) is 18.7 Å². The molecular formula is C14H14N2O4S. The average molecular weight is 306 g/mol. The molecule has 0 aliphatic carbocycles. The second kappa shape index (κ2) is 5.79. The lowest BCUT2D eigenvalue weighted by atomic mass is 10.1. The largest absolute Gasteiger partial charge is 0.481 e. The molecule has 1 aliphatic rings. The lowest BCUT2D eigenvalue weighted by Gasteiger charge is -2.32. The first-order valence-corrected chi connectivity index (χ1v) is 7.47. The monoisotopic (exact) mass is 306 g/mol. The van der Waals surface area contributed by atoms with E-state index < -0.39 is 12.1 Å². The van der Waals surface area contributed by atoms with Gasteiger partial charge in [-0.15, -0.1) is 11.3 Å². The summed E-state index contributed by atoms with van der Waals surface area (Å²) >= 11 is 1.49. The van der Waals surface area contributed by atoms with Crippen molar-refractivity contribution in [2.24, 2.45) is 0 Å². The van der Waals surface area contributed by atoms with E-state index in [-0.39, 0.29) is 12.3 Å². The molecule has 2 aromatic rings. The number of aliphatic carboxylic acids is 1. The van der Waals surface area contributed by atoms with Crippen molar-refractivity contribution in [2.45, 2.75) is 12.5 Å². The molecule has 1 unspecified atom stereocenters. The van der Waals surface area contributed by atoms with Crippen LogP contribution in [0, 0.1) is 0 Å². The summed E-state index contributed by atoms with van der Waals surface area (Å²) in [6.45, 7) is 1.16. The van der Waals surface area contributed by atoms with E-state index >= 15 is 0 Å². The van der Waals surface area contributed by atoms with E-state index in [1.807, 2.05) is 12.1 Å². The minimum absolute atomic E-state index is 0.0857. The van der Waals surface area contributed by atoms with E-state index in [0.717, 1.165) is 10.2 Å². The third-order valence-electron chi connectivity index (χ3n) is 3.41. The van der Waals surface area contributed by atoms with Gasteiger partial charge >= 0.3 is 5.97 Å². The fraction of sp³-hybridized carbons (Fsp3) is 0.357. The first-order valence-electron chi connectivity index (χ1n) is 6.59. The van der Waals surface area contributed by atoms with Crippen molar-refractivity contribution in [3.8, 4) is 0 Å². The number of thiazole rings is 1. The van der Waals surface area contributed by atoms with Gasteiger partial charge in [0.05, 0.1) is 34.9 Å². The number of hydrogen-bond donors (Lipinski definition) is 1. The minimum Gasteiger partial charge on any atom is -0.481 e. The molecule has 1 fully saturated rings. The van der Waals surface area contributed by atoms with Gasteiger partial charge in [-0.25, -0.2) is 4.98 Å². The molecule has 1 aromatic carbocycles. The van der Waals surface area contributed by atoms with Crippen molar-refractivity contribution in [1.82, 2.24) is 9.88 Å². The zero-order valence-corrected chi connectivity index (χ0v) is 12.0. The Kier molecular flexibility index (Phi) is 3.85. The van der Waals surface area contributed by atoms with E-state index in [9.17, 15) is 9.59 Å². The number of rotatable bonds is 3. The SMILES string of the molecule is O=C(O)CC1CN(C(=O)c2ccc3ncsc3c2)CCO1. The van der Waals surface area contributed by atoms with Crippen molar-refractivity contribution in [3.05, 3.63) is 29.3 Å². The highest BCUT2D eigenvalue weighted by molar-refractivity contribution is 7.16. The fourth-order valence-corrected chi connectivity index (χ4v) is 3.11. The Balaban J connectivity index is 1.75. The summed E-state index contributed by atoms with van der Waals surface area (Å²) in [5.74, 6) is -1.01. The Morgan fingerprint density at radius 1 is 1.48 bits per heavy atom. The number of fused-ring (bicyclic) bond motifs is 1. The molecule has 2 heterocycles. The van der Waals surface area contributed by atoms with Crippen molar-refractivity contribution in [2.75, 3.05) is 19.7 Å². The number of carboxylic acids is 1. The zero-order chi connectivity index (χ0) is 14.8. The number of carbonyl (C=O) groups is 2. The summed E-state index contributed by atoms with van der Waals surface area (Å²) in [6.07, 6.45) is -0.523. The topological polar surface area (TPSA) is 79.7 Å². The first-order chi connectivity index (χ1) is 10.1. The van der Waals surface area contributed by atoms with Gasteiger partial charge in [-0.05, 0) is 18.2 Å². The molecule has 3 rings (SSSR count). The number of carbonyl (C=O) groups excluding carboxylic acids is 1. The van der Waals surface area contributed by atoms with Crippen LogP contribution < -0.4 is 0 Å². The highest BCUT2D eigenvalue weighted by atomic mass is 32.1. The molecule has 1 amide bonds. The third kappa shape index (κ3) is 3.03. The first kappa shape index (κ1) is 14.0. The minimum atomic E-state index is -0.916. The normalized spacial score (nSPS) is 18.9. The van der Waals surface area contributed by atoms with Crippen LogP contribution in [-0.4, -0.2) is 52.7 Å². The Bertz CT molecular complexity index is 684. The van der Waals surface area contributed by atoms with E-state index in [1.54, 1.807) is 16.5 Å². The smallest absolute Gasteiger partial charge is 0.306 e.